The predicted octanol–water partition coefficient (Wildman–Crippen LogP) is 1.92. The molecule has 0 unspecified atom stereocenters. The number of hydrogen-bond acceptors (Lipinski definition) is 4. The van der Waals surface area contributed by atoms with Gasteiger partial charge >= 0.3 is 0 Å². The summed E-state index contributed by atoms with van der Waals surface area (Å²) in [5.41, 5.74) is 9.40. The molecule has 0 saturated carbocycles. The summed E-state index contributed by atoms with van der Waals surface area (Å²) in [5, 5.41) is 0. The summed E-state index contributed by atoms with van der Waals surface area (Å²) in [5.74, 6) is 0.877. The minimum atomic E-state index is 0.421. The molecule has 0 radical (unpaired) electrons. The Morgan fingerprint density at radius 2 is 2.06 bits per heavy atom. The number of hydrogen-bond donors (Lipinski definition) is 1. The second-order valence-corrected chi connectivity index (χ2v) is 3.78. The van der Waals surface area contributed by atoms with E-state index in [1.807, 2.05) is 31.2 Å². The first kappa shape index (κ1) is 11.5. The van der Waals surface area contributed by atoms with Crippen molar-refractivity contribution in [2.75, 3.05) is 7.11 Å². The molecule has 4 heteroatoms. The summed E-state index contributed by atoms with van der Waals surface area (Å²) in [7, 11) is 1.67. The van der Waals surface area contributed by atoms with Gasteiger partial charge in [-0.15, -0.1) is 0 Å². The van der Waals surface area contributed by atoms with E-state index in [-0.39, 0.29) is 0 Å². The third kappa shape index (κ3) is 2.42. The molecule has 0 saturated heterocycles. The van der Waals surface area contributed by atoms with Crippen molar-refractivity contribution in [1.82, 2.24) is 9.97 Å². The zero-order chi connectivity index (χ0) is 12.3. The van der Waals surface area contributed by atoms with Crippen LogP contribution in [0.2, 0.25) is 0 Å². The maximum atomic E-state index is 5.56. The van der Waals surface area contributed by atoms with Crippen LogP contribution in [0.3, 0.4) is 0 Å². The van der Waals surface area contributed by atoms with Gasteiger partial charge < -0.3 is 10.5 Å². The lowest BCUT2D eigenvalue weighted by atomic mass is 10.1. The highest BCUT2D eigenvalue weighted by molar-refractivity contribution is 5.62. The second kappa shape index (κ2) is 4.93. The van der Waals surface area contributed by atoms with Gasteiger partial charge in [-0.25, -0.2) is 9.97 Å². The normalized spacial score (nSPS) is 10.3. The molecule has 0 bridgehead atoms. The zero-order valence-corrected chi connectivity index (χ0v) is 9.97. The minimum absolute atomic E-state index is 0.421. The molecule has 0 aliphatic rings. The van der Waals surface area contributed by atoms with Crippen LogP contribution in [0.5, 0.6) is 5.75 Å². The summed E-state index contributed by atoms with van der Waals surface area (Å²) >= 11 is 0. The molecular weight excluding hydrogens is 214 g/mol. The van der Waals surface area contributed by atoms with Gasteiger partial charge in [0.1, 0.15) is 12.1 Å². The highest BCUT2D eigenvalue weighted by atomic mass is 16.5. The molecule has 4 nitrogen and oxygen atoms in total. The van der Waals surface area contributed by atoms with E-state index in [0.717, 1.165) is 28.3 Å². The summed E-state index contributed by atoms with van der Waals surface area (Å²) in [6.07, 6.45) is 1.54. The molecule has 0 fully saturated rings. The molecule has 0 aliphatic carbocycles. The molecule has 1 aromatic carbocycles. The Bertz CT molecular complexity index is 526. The molecule has 0 spiro atoms. The van der Waals surface area contributed by atoms with Crippen molar-refractivity contribution in [1.29, 1.82) is 0 Å². The Morgan fingerprint density at radius 1 is 1.24 bits per heavy atom. The Morgan fingerprint density at radius 3 is 2.71 bits per heavy atom. The highest BCUT2D eigenvalue weighted by Gasteiger charge is 2.04. The van der Waals surface area contributed by atoms with Gasteiger partial charge in [0.05, 0.1) is 18.5 Å². The smallest absolute Gasteiger partial charge is 0.121 e. The fourth-order valence-corrected chi connectivity index (χ4v) is 1.70. The average molecular weight is 229 g/mol. The Hall–Kier alpha value is -1.94. The molecule has 2 rings (SSSR count). The molecule has 17 heavy (non-hydrogen) atoms. The first-order valence-corrected chi connectivity index (χ1v) is 5.40. The number of aryl methyl sites for hydroxylation is 1. The number of methoxy groups -OCH3 is 1. The average Bonchev–Trinajstić information content (AvgIpc) is 2.38. The molecule has 0 amide bonds. The van der Waals surface area contributed by atoms with E-state index in [2.05, 4.69) is 9.97 Å². The molecule has 2 aromatic rings. The van der Waals surface area contributed by atoms with E-state index in [1.165, 1.54) is 6.33 Å². The monoisotopic (exact) mass is 229 g/mol. The predicted molar refractivity (Wildman–Crippen MR) is 66.6 cm³/mol. The van der Waals surface area contributed by atoms with Crippen LogP contribution in [0.4, 0.5) is 0 Å². The third-order valence-corrected chi connectivity index (χ3v) is 2.62. The lowest BCUT2D eigenvalue weighted by Gasteiger charge is -2.07. The molecule has 1 heterocycles. The van der Waals surface area contributed by atoms with Crippen LogP contribution in [0, 0.1) is 6.92 Å². The third-order valence-electron chi connectivity index (χ3n) is 2.62. The van der Waals surface area contributed by atoms with Gasteiger partial charge in [0.2, 0.25) is 0 Å². The van der Waals surface area contributed by atoms with Crippen LogP contribution >= 0.6 is 0 Å². The first-order chi connectivity index (χ1) is 8.24. The van der Waals surface area contributed by atoms with Gasteiger partial charge in [-0.05, 0) is 36.8 Å². The SMILES string of the molecule is COc1ccc(-c2cc(CN)ncn2)cc1C. The lowest BCUT2D eigenvalue weighted by molar-refractivity contribution is 0.412. The van der Waals surface area contributed by atoms with Gasteiger partial charge in [0.15, 0.2) is 0 Å². The van der Waals surface area contributed by atoms with E-state index >= 15 is 0 Å². The van der Waals surface area contributed by atoms with E-state index in [0.29, 0.717) is 6.54 Å². The van der Waals surface area contributed by atoms with Crippen molar-refractivity contribution >= 4 is 0 Å². The molecule has 0 aliphatic heterocycles. The minimum Gasteiger partial charge on any atom is -0.496 e. The van der Waals surface area contributed by atoms with Gasteiger partial charge in [0.25, 0.3) is 0 Å². The lowest BCUT2D eigenvalue weighted by Crippen LogP contribution is -2.00. The van der Waals surface area contributed by atoms with Crippen molar-refractivity contribution in [3.8, 4) is 17.0 Å². The first-order valence-electron chi connectivity index (χ1n) is 5.40. The Balaban J connectivity index is 2.42. The van der Waals surface area contributed by atoms with Crippen LogP contribution < -0.4 is 10.5 Å². The number of rotatable bonds is 3. The van der Waals surface area contributed by atoms with Crippen molar-refractivity contribution in [2.45, 2.75) is 13.5 Å². The number of benzene rings is 1. The van der Waals surface area contributed by atoms with Crippen LogP contribution in [0.25, 0.3) is 11.3 Å². The Kier molecular flexibility index (Phi) is 3.35. The summed E-state index contributed by atoms with van der Waals surface area (Å²) in [6.45, 7) is 2.43. The molecule has 2 N–H and O–H groups in total. The zero-order valence-electron chi connectivity index (χ0n) is 9.97. The highest BCUT2D eigenvalue weighted by Crippen LogP contribution is 2.24. The molecule has 88 valence electrons. The quantitative estimate of drug-likeness (QED) is 0.873. The largest absolute Gasteiger partial charge is 0.496 e. The number of ether oxygens (including phenoxy) is 1. The molecule has 1 aromatic heterocycles. The van der Waals surface area contributed by atoms with Crippen LogP contribution in [0.1, 0.15) is 11.3 Å². The van der Waals surface area contributed by atoms with Crippen LogP contribution in [-0.2, 0) is 6.54 Å². The van der Waals surface area contributed by atoms with Gasteiger partial charge in [-0.1, -0.05) is 0 Å². The topological polar surface area (TPSA) is 61.0 Å². The molecule has 0 atom stereocenters. The number of nitrogens with zero attached hydrogens (tertiary/aromatic N) is 2. The van der Waals surface area contributed by atoms with Gasteiger partial charge in [-0.3, -0.25) is 0 Å². The van der Waals surface area contributed by atoms with Crippen molar-refractivity contribution < 1.29 is 4.74 Å². The van der Waals surface area contributed by atoms with Crippen molar-refractivity contribution in [2.24, 2.45) is 5.73 Å². The summed E-state index contributed by atoms with van der Waals surface area (Å²) in [4.78, 5) is 8.33. The van der Waals surface area contributed by atoms with E-state index in [1.54, 1.807) is 7.11 Å². The van der Waals surface area contributed by atoms with Crippen LogP contribution in [0.15, 0.2) is 30.6 Å². The fraction of sp³-hybridized carbons (Fsp3) is 0.231. The van der Waals surface area contributed by atoms with Crippen LogP contribution in [-0.4, -0.2) is 17.1 Å². The van der Waals surface area contributed by atoms with E-state index in [9.17, 15) is 0 Å². The van der Waals surface area contributed by atoms with Gasteiger partial charge in [0, 0.05) is 12.1 Å². The maximum absolute atomic E-state index is 5.56. The number of aromatic nitrogens is 2. The fourth-order valence-electron chi connectivity index (χ4n) is 1.70. The Labute approximate surface area is 100 Å². The van der Waals surface area contributed by atoms with E-state index < -0.39 is 0 Å². The van der Waals surface area contributed by atoms with E-state index in [4.69, 9.17) is 10.5 Å². The molecular formula is C13H15N3O. The second-order valence-electron chi connectivity index (χ2n) is 3.78. The van der Waals surface area contributed by atoms with Crippen molar-refractivity contribution in [3.63, 3.8) is 0 Å². The number of nitrogens with two attached hydrogens (primary N) is 1. The summed E-state index contributed by atoms with van der Waals surface area (Å²) < 4.78 is 5.23. The summed E-state index contributed by atoms with van der Waals surface area (Å²) in [6, 6.07) is 7.87. The van der Waals surface area contributed by atoms with Crippen molar-refractivity contribution in [3.05, 3.63) is 41.9 Å². The maximum Gasteiger partial charge on any atom is 0.121 e. The van der Waals surface area contributed by atoms with Gasteiger partial charge in [-0.2, -0.15) is 0 Å². The standard InChI is InChI=1S/C13H15N3O/c1-9-5-10(3-4-13(9)17-2)12-6-11(7-14)15-8-16-12/h3-6,8H,7,14H2,1-2H3.